The minimum absolute atomic E-state index is 0.103. The molecule has 1 aromatic rings. The van der Waals surface area contributed by atoms with Gasteiger partial charge in [0, 0.05) is 13.0 Å². The van der Waals surface area contributed by atoms with E-state index in [4.69, 9.17) is 5.26 Å². The summed E-state index contributed by atoms with van der Waals surface area (Å²) >= 11 is 4.76. The first-order valence-corrected chi connectivity index (χ1v) is 6.08. The molecule has 0 saturated heterocycles. The zero-order valence-electron chi connectivity index (χ0n) is 8.36. The molecule has 1 aromatic heterocycles. The molecule has 0 aliphatic heterocycles. The molecule has 15 heavy (non-hydrogen) atoms. The number of carbonyl (C=O) groups is 1. The summed E-state index contributed by atoms with van der Waals surface area (Å²) in [7, 11) is 1.85. The number of nitriles is 1. The summed E-state index contributed by atoms with van der Waals surface area (Å²) in [6.07, 6.45) is 0.456. The Bertz CT molecular complexity index is 383. The Labute approximate surface area is 101 Å². The fourth-order valence-electron chi connectivity index (χ4n) is 1.11. The number of halogens is 1. The maximum Gasteiger partial charge on any atom is 0.186 e. The summed E-state index contributed by atoms with van der Waals surface area (Å²) in [5.74, 6) is 0.103. The van der Waals surface area contributed by atoms with Gasteiger partial charge in [-0.2, -0.15) is 5.26 Å². The van der Waals surface area contributed by atoms with Crippen molar-refractivity contribution >= 4 is 33.0 Å². The molecule has 0 spiro atoms. The first-order chi connectivity index (χ1) is 7.13. The van der Waals surface area contributed by atoms with E-state index in [0.29, 0.717) is 19.5 Å². The average Bonchev–Trinajstić information content (AvgIpc) is 2.61. The highest BCUT2D eigenvalue weighted by Gasteiger charge is 2.10. The number of likely N-dealkylation sites (N-methyl/N-ethyl adjacent to an activating group) is 1. The number of Topliss-reactive ketones (excluding diaryl/α,β-unsaturated/α-hetero) is 1. The summed E-state index contributed by atoms with van der Waals surface area (Å²) < 4.78 is 0.963. The Morgan fingerprint density at radius 2 is 2.40 bits per heavy atom. The molecule has 0 aliphatic carbocycles. The molecule has 1 heterocycles. The number of rotatable bonds is 5. The second kappa shape index (κ2) is 6.01. The predicted octanol–water partition coefficient (Wildman–Crippen LogP) is 2.54. The van der Waals surface area contributed by atoms with Crippen LogP contribution in [0.4, 0.5) is 0 Å². The molecule has 0 aliphatic rings. The predicted molar refractivity (Wildman–Crippen MR) is 64.1 cm³/mol. The van der Waals surface area contributed by atoms with E-state index in [0.717, 1.165) is 8.66 Å². The van der Waals surface area contributed by atoms with Crippen LogP contribution in [0.15, 0.2) is 15.9 Å². The molecule has 0 N–H and O–H groups in total. The molecule has 0 atom stereocenters. The van der Waals surface area contributed by atoms with Gasteiger partial charge in [0.1, 0.15) is 0 Å². The monoisotopic (exact) mass is 286 g/mol. The van der Waals surface area contributed by atoms with Gasteiger partial charge >= 0.3 is 0 Å². The third kappa shape index (κ3) is 4.12. The Morgan fingerprint density at radius 1 is 1.67 bits per heavy atom. The van der Waals surface area contributed by atoms with Crippen molar-refractivity contribution in [3.63, 3.8) is 0 Å². The molecule has 0 saturated carbocycles. The topological polar surface area (TPSA) is 44.1 Å². The highest BCUT2D eigenvalue weighted by molar-refractivity contribution is 9.11. The van der Waals surface area contributed by atoms with Crippen molar-refractivity contribution in [2.75, 3.05) is 20.1 Å². The number of nitrogens with zero attached hydrogens (tertiary/aromatic N) is 2. The van der Waals surface area contributed by atoms with E-state index in [1.54, 1.807) is 0 Å². The van der Waals surface area contributed by atoms with Gasteiger partial charge in [-0.3, -0.25) is 9.69 Å². The minimum atomic E-state index is 0.103. The van der Waals surface area contributed by atoms with Gasteiger partial charge in [-0.05, 0) is 35.1 Å². The number of carbonyl (C=O) groups excluding carboxylic acids is 1. The van der Waals surface area contributed by atoms with Gasteiger partial charge in [-0.1, -0.05) is 0 Å². The molecular weight excluding hydrogens is 276 g/mol. The third-order valence-corrected chi connectivity index (χ3v) is 3.53. The van der Waals surface area contributed by atoms with Crippen molar-refractivity contribution in [3.05, 3.63) is 20.8 Å². The Kier molecular flexibility index (Phi) is 4.95. The van der Waals surface area contributed by atoms with Crippen LogP contribution in [0.5, 0.6) is 0 Å². The van der Waals surface area contributed by atoms with Crippen molar-refractivity contribution in [2.24, 2.45) is 0 Å². The molecule has 3 nitrogen and oxygen atoms in total. The summed E-state index contributed by atoms with van der Waals surface area (Å²) in [5.41, 5.74) is 0. The normalized spacial score (nSPS) is 10.3. The van der Waals surface area contributed by atoms with E-state index < -0.39 is 0 Å². The SMILES string of the molecule is CN(CCC#N)CC(=O)c1ccc(Br)s1. The first-order valence-electron chi connectivity index (χ1n) is 4.47. The third-order valence-electron chi connectivity index (χ3n) is 1.87. The van der Waals surface area contributed by atoms with Crippen LogP contribution in [-0.4, -0.2) is 30.8 Å². The van der Waals surface area contributed by atoms with Gasteiger partial charge in [0.25, 0.3) is 0 Å². The molecule has 5 heteroatoms. The van der Waals surface area contributed by atoms with E-state index in [1.165, 1.54) is 11.3 Å². The Balaban J connectivity index is 2.46. The van der Waals surface area contributed by atoms with Gasteiger partial charge in [0.15, 0.2) is 5.78 Å². The van der Waals surface area contributed by atoms with E-state index in [9.17, 15) is 4.79 Å². The molecule has 1 rings (SSSR count). The minimum Gasteiger partial charge on any atom is -0.298 e. The smallest absolute Gasteiger partial charge is 0.186 e. The van der Waals surface area contributed by atoms with E-state index in [1.807, 2.05) is 24.1 Å². The standard InChI is InChI=1S/C10H11BrN2OS/c1-13(6-2-5-12)7-8(14)9-3-4-10(11)15-9/h3-4H,2,6-7H2,1H3. The fraction of sp³-hybridized carbons (Fsp3) is 0.400. The number of hydrogen-bond acceptors (Lipinski definition) is 4. The van der Waals surface area contributed by atoms with Gasteiger partial charge in [-0.15, -0.1) is 11.3 Å². The van der Waals surface area contributed by atoms with Crippen LogP contribution in [0.3, 0.4) is 0 Å². The van der Waals surface area contributed by atoms with E-state index >= 15 is 0 Å². The van der Waals surface area contributed by atoms with Crippen LogP contribution in [-0.2, 0) is 0 Å². The van der Waals surface area contributed by atoms with Gasteiger partial charge in [0.05, 0.1) is 21.3 Å². The molecule has 0 aromatic carbocycles. The molecular formula is C10H11BrN2OS. The lowest BCUT2D eigenvalue weighted by Gasteiger charge is -2.12. The summed E-state index contributed by atoms with van der Waals surface area (Å²) in [6, 6.07) is 5.74. The largest absolute Gasteiger partial charge is 0.298 e. The summed E-state index contributed by atoms with van der Waals surface area (Å²) in [5, 5.41) is 8.40. The zero-order valence-corrected chi connectivity index (χ0v) is 10.8. The van der Waals surface area contributed by atoms with Crippen LogP contribution in [0.2, 0.25) is 0 Å². The van der Waals surface area contributed by atoms with Gasteiger partial charge in [-0.25, -0.2) is 0 Å². The van der Waals surface area contributed by atoms with Crippen LogP contribution in [0.25, 0.3) is 0 Å². The van der Waals surface area contributed by atoms with E-state index in [-0.39, 0.29) is 5.78 Å². The number of thiophene rings is 1. The molecule has 80 valence electrons. The molecule has 0 unspecified atom stereocenters. The Morgan fingerprint density at radius 3 is 2.93 bits per heavy atom. The van der Waals surface area contributed by atoms with Crippen molar-refractivity contribution in [2.45, 2.75) is 6.42 Å². The van der Waals surface area contributed by atoms with E-state index in [2.05, 4.69) is 22.0 Å². The molecule has 0 amide bonds. The van der Waals surface area contributed by atoms with Crippen LogP contribution in [0.1, 0.15) is 16.1 Å². The molecule has 0 fully saturated rings. The lowest BCUT2D eigenvalue weighted by Crippen LogP contribution is -2.26. The average molecular weight is 287 g/mol. The summed E-state index contributed by atoms with van der Waals surface area (Å²) in [6.45, 7) is 1.00. The van der Waals surface area contributed by atoms with Crippen molar-refractivity contribution in [1.29, 1.82) is 5.26 Å². The van der Waals surface area contributed by atoms with Crippen LogP contribution >= 0.6 is 27.3 Å². The fourth-order valence-corrected chi connectivity index (χ4v) is 2.42. The van der Waals surface area contributed by atoms with Crippen molar-refractivity contribution in [1.82, 2.24) is 4.90 Å². The lowest BCUT2D eigenvalue weighted by atomic mass is 10.3. The van der Waals surface area contributed by atoms with Crippen molar-refractivity contribution < 1.29 is 4.79 Å². The maximum absolute atomic E-state index is 11.7. The number of hydrogen-bond donors (Lipinski definition) is 0. The first kappa shape index (κ1) is 12.4. The maximum atomic E-state index is 11.7. The van der Waals surface area contributed by atoms with Crippen LogP contribution in [0, 0.1) is 11.3 Å². The van der Waals surface area contributed by atoms with Crippen LogP contribution < -0.4 is 0 Å². The molecule has 0 radical (unpaired) electrons. The molecule has 0 bridgehead atoms. The van der Waals surface area contributed by atoms with Gasteiger partial charge in [0.2, 0.25) is 0 Å². The second-order valence-electron chi connectivity index (χ2n) is 3.17. The summed E-state index contributed by atoms with van der Waals surface area (Å²) in [4.78, 5) is 14.3. The Hall–Kier alpha value is -0.700. The zero-order chi connectivity index (χ0) is 11.3. The second-order valence-corrected chi connectivity index (χ2v) is 5.64. The number of ketones is 1. The highest BCUT2D eigenvalue weighted by atomic mass is 79.9. The van der Waals surface area contributed by atoms with Gasteiger partial charge < -0.3 is 0 Å². The lowest BCUT2D eigenvalue weighted by molar-refractivity contribution is 0.0951. The van der Waals surface area contributed by atoms with Crippen molar-refractivity contribution in [3.8, 4) is 6.07 Å². The highest BCUT2D eigenvalue weighted by Crippen LogP contribution is 2.22. The quantitative estimate of drug-likeness (QED) is 0.782.